The highest BCUT2D eigenvalue weighted by Gasteiger charge is 2.35. The smallest absolute Gasteiger partial charge is 0.139 e. The van der Waals surface area contributed by atoms with Crippen LogP contribution in [0.4, 0.5) is 0 Å². The Bertz CT molecular complexity index is 869. The van der Waals surface area contributed by atoms with Gasteiger partial charge in [-0.3, -0.25) is 0 Å². The molecule has 0 aliphatic heterocycles. The minimum atomic E-state index is -1.94. The lowest BCUT2D eigenvalue weighted by Crippen LogP contribution is -2.46. The van der Waals surface area contributed by atoms with Crippen LogP contribution >= 0.6 is 0 Å². The largest absolute Gasteiger partial charge is 0.509 e. The van der Waals surface area contributed by atoms with E-state index in [1.54, 1.807) is 38.1 Å². The van der Waals surface area contributed by atoms with Crippen LogP contribution in [0.2, 0.25) is 0 Å². The zero-order valence-electron chi connectivity index (χ0n) is 17.6. The van der Waals surface area contributed by atoms with E-state index in [1.165, 1.54) is 0 Å². The molecule has 4 atom stereocenters. The molecule has 2 aromatic carbocycles. The summed E-state index contributed by atoms with van der Waals surface area (Å²) in [6, 6.07) is 14.4. The molecule has 30 heavy (non-hydrogen) atoms. The SMILES string of the molecule is CC(=C(O)[C@@H](O)[C@@H](O)[C@H](O)[C@@H](O)C(O)=C(C)c1ccccc1C)c1ccccc1C. The Morgan fingerprint density at radius 2 is 0.900 bits per heavy atom. The summed E-state index contributed by atoms with van der Waals surface area (Å²) in [7, 11) is 0. The molecule has 6 N–H and O–H groups in total. The lowest BCUT2D eigenvalue weighted by Gasteiger charge is -2.27. The maximum absolute atomic E-state index is 10.4. The van der Waals surface area contributed by atoms with Gasteiger partial charge in [-0.1, -0.05) is 48.5 Å². The van der Waals surface area contributed by atoms with Crippen LogP contribution in [0.25, 0.3) is 11.1 Å². The average molecular weight is 414 g/mol. The van der Waals surface area contributed by atoms with Crippen molar-refractivity contribution in [2.24, 2.45) is 0 Å². The fraction of sp³-hybridized carbons (Fsp3) is 0.333. The van der Waals surface area contributed by atoms with E-state index in [-0.39, 0.29) is 0 Å². The van der Waals surface area contributed by atoms with Gasteiger partial charge in [0, 0.05) is 0 Å². The molecule has 162 valence electrons. The number of hydrogen-bond acceptors (Lipinski definition) is 6. The molecule has 0 aliphatic carbocycles. The summed E-state index contributed by atoms with van der Waals surface area (Å²) in [5, 5.41) is 62.3. The summed E-state index contributed by atoms with van der Waals surface area (Å²) in [5.41, 5.74) is 3.73. The molecular weight excluding hydrogens is 384 g/mol. The van der Waals surface area contributed by atoms with Gasteiger partial charge in [-0.15, -0.1) is 0 Å². The van der Waals surface area contributed by atoms with Gasteiger partial charge in [0.25, 0.3) is 0 Å². The molecule has 6 nitrogen and oxygen atoms in total. The molecule has 0 aromatic heterocycles. The Kier molecular flexibility index (Phi) is 7.81. The molecular formula is C24H30O6. The summed E-state index contributed by atoms with van der Waals surface area (Å²) in [6.07, 6.45) is -7.60. The minimum absolute atomic E-state index is 0.331. The summed E-state index contributed by atoms with van der Waals surface area (Å²) in [5.74, 6) is -1.05. The third kappa shape index (κ3) is 4.91. The van der Waals surface area contributed by atoms with E-state index in [0.29, 0.717) is 22.3 Å². The van der Waals surface area contributed by atoms with Gasteiger partial charge in [-0.05, 0) is 61.1 Å². The monoisotopic (exact) mass is 414 g/mol. The van der Waals surface area contributed by atoms with Crippen molar-refractivity contribution in [1.29, 1.82) is 0 Å². The van der Waals surface area contributed by atoms with Crippen LogP contribution in [0.3, 0.4) is 0 Å². The molecule has 0 unspecified atom stereocenters. The van der Waals surface area contributed by atoms with Gasteiger partial charge in [0.1, 0.15) is 35.9 Å². The maximum atomic E-state index is 10.4. The van der Waals surface area contributed by atoms with Crippen molar-refractivity contribution in [3.63, 3.8) is 0 Å². The molecule has 0 fully saturated rings. The molecule has 0 aliphatic rings. The number of benzene rings is 2. The topological polar surface area (TPSA) is 121 Å². The first kappa shape index (κ1) is 23.6. The van der Waals surface area contributed by atoms with E-state index in [4.69, 9.17) is 0 Å². The zero-order chi connectivity index (χ0) is 22.6. The Balaban J connectivity index is 2.28. The van der Waals surface area contributed by atoms with Crippen LogP contribution in [0.5, 0.6) is 0 Å². The highest BCUT2D eigenvalue weighted by Crippen LogP contribution is 2.27. The average Bonchev–Trinajstić information content (AvgIpc) is 2.75. The first-order chi connectivity index (χ1) is 14.1. The summed E-state index contributed by atoms with van der Waals surface area (Å²) in [6.45, 7) is 6.83. The molecule has 0 saturated heterocycles. The van der Waals surface area contributed by atoms with E-state index < -0.39 is 35.9 Å². The summed E-state index contributed by atoms with van der Waals surface area (Å²) in [4.78, 5) is 0. The number of aliphatic hydroxyl groups excluding tert-OH is 6. The Hall–Kier alpha value is -2.64. The van der Waals surface area contributed by atoms with Crippen LogP contribution in [0, 0.1) is 13.8 Å². The molecule has 0 saturated carbocycles. The molecule has 0 bridgehead atoms. The van der Waals surface area contributed by atoms with Crippen molar-refractivity contribution in [1.82, 2.24) is 0 Å². The van der Waals surface area contributed by atoms with Gasteiger partial charge in [-0.25, -0.2) is 0 Å². The number of allylic oxidation sites excluding steroid dienone is 2. The fourth-order valence-electron chi connectivity index (χ4n) is 3.40. The summed E-state index contributed by atoms with van der Waals surface area (Å²) >= 11 is 0. The zero-order valence-corrected chi connectivity index (χ0v) is 17.6. The summed E-state index contributed by atoms with van der Waals surface area (Å²) < 4.78 is 0. The molecule has 2 aromatic rings. The number of rotatable bonds is 7. The highest BCUT2D eigenvalue weighted by molar-refractivity contribution is 5.69. The lowest BCUT2D eigenvalue weighted by molar-refractivity contribution is -0.0999. The van der Waals surface area contributed by atoms with Crippen LogP contribution in [0.15, 0.2) is 60.0 Å². The highest BCUT2D eigenvalue weighted by atomic mass is 16.4. The lowest BCUT2D eigenvalue weighted by atomic mass is 9.93. The molecule has 0 radical (unpaired) electrons. The van der Waals surface area contributed by atoms with Crippen LogP contribution < -0.4 is 0 Å². The number of hydrogen-bond donors (Lipinski definition) is 6. The normalized spacial score (nSPS) is 17.5. The minimum Gasteiger partial charge on any atom is -0.509 e. The third-order valence-corrected chi connectivity index (χ3v) is 5.42. The van der Waals surface area contributed by atoms with Crippen LogP contribution in [0.1, 0.15) is 36.1 Å². The molecule has 0 heterocycles. The van der Waals surface area contributed by atoms with Crippen LogP contribution in [-0.4, -0.2) is 55.1 Å². The van der Waals surface area contributed by atoms with Crippen molar-refractivity contribution in [3.8, 4) is 0 Å². The maximum Gasteiger partial charge on any atom is 0.139 e. The predicted molar refractivity (Wildman–Crippen MR) is 117 cm³/mol. The first-order valence-corrected chi connectivity index (χ1v) is 9.71. The van der Waals surface area contributed by atoms with E-state index in [0.717, 1.165) is 11.1 Å². The molecule has 2 rings (SSSR count). The van der Waals surface area contributed by atoms with Crippen molar-refractivity contribution in [3.05, 3.63) is 82.3 Å². The predicted octanol–water partition coefficient (Wildman–Crippen LogP) is 3.03. The standard InChI is InChI=1S/C24H30O6/c1-13-9-5-7-11-17(13)15(3)19(25)21(27)23(29)24(30)22(28)20(26)16(4)18-12-8-6-10-14(18)2/h5-12,21-30H,1-4H3/t21-,22+,23-,24-/m1/s1. The van der Waals surface area contributed by atoms with Gasteiger partial charge in [0.05, 0.1) is 0 Å². The Morgan fingerprint density at radius 3 is 1.20 bits per heavy atom. The second kappa shape index (κ2) is 9.91. The number of aryl methyl sites for hydroxylation is 2. The number of aliphatic hydroxyl groups is 6. The fourth-order valence-corrected chi connectivity index (χ4v) is 3.40. The quantitative estimate of drug-likeness (QED) is 0.387. The van der Waals surface area contributed by atoms with E-state index >= 15 is 0 Å². The van der Waals surface area contributed by atoms with Gasteiger partial charge in [0.15, 0.2) is 0 Å². The van der Waals surface area contributed by atoms with Crippen molar-refractivity contribution < 1.29 is 30.6 Å². The Labute approximate surface area is 176 Å². The van der Waals surface area contributed by atoms with Gasteiger partial charge in [-0.2, -0.15) is 0 Å². The molecule has 0 spiro atoms. The second-order valence-corrected chi connectivity index (χ2v) is 7.52. The third-order valence-electron chi connectivity index (χ3n) is 5.42. The van der Waals surface area contributed by atoms with E-state index in [1.807, 2.05) is 38.1 Å². The van der Waals surface area contributed by atoms with Crippen molar-refractivity contribution in [2.75, 3.05) is 0 Å². The first-order valence-electron chi connectivity index (χ1n) is 9.71. The Morgan fingerprint density at radius 1 is 0.600 bits per heavy atom. The van der Waals surface area contributed by atoms with Gasteiger partial charge < -0.3 is 30.6 Å². The van der Waals surface area contributed by atoms with Gasteiger partial charge >= 0.3 is 0 Å². The van der Waals surface area contributed by atoms with Crippen LogP contribution in [-0.2, 0) is 0 Å². The second-order valence-electron chi connectivity index (χ2n) is 7.52. The van der Waals surface area contributed by atoms with E-state index in [9.17, 15) is 30.6 Å². The van der Waals surface area contributed by atoms with Crippen molar-refractivity contribution >= 4 is 11.1 Å². The van der Waals surface area contributed by atoms with Gasteiger partial charge in [0.2, 0.25) is 0 Å². The van der Waals surface area contributed by atoms with Crippen molar-refractivity contribution in [2.45, 2.75) is 52.1 Å². The van der Waals surface area contributed by atoms with E-state index in [2.05, 4.69) is 0 Å². The molecule has 0 amide bonds. The molecule has 6 heteroatoms.